The molecule has 0 radical (unpaired) electrons. The van der Waals surface area contributed by atoms with Crippen LogP contribution in [0.2, 0.25) is 0 Å². The summed E-state index contributed by atoms with van der Waals surface area (Å²) in [6, 6.07) is 5.70. The Balaban J connectivity index is 1.63. The lowest BCUT2D eigenvalue weighted by Gasteiger charge is -2.31. The quantitative estimate of drug-likeness (QED) is 0.923. The molecule has 3 aliphatic rings. The number of hydrogen-bond acceptors (Lipinski definition) is 2. The van der Waals surface area contributed by atoms with Crippen LogP contribution in [0.15, 0.2) is 70.5 Å². The maximum absolute atomic E-state index is 12.8. The Labute approximate surface area is 136 Å². The lowest BCUT2D eigenvalue weighted by molar-refractivity contribution is -0.118. The zero-order valence-corrected chi connectivity index (χ0v) is 13.7. The lowest BCUT2D eigenvalue weighted by atomic mass is 9.84. The first-order valence-electron chi connectivity index (χ1n) is 8.04. The highest BCUT2D eigenvalue weighted by atomic mass is 16.1. The van der Waals surface area contributed by atoms with Gasteiger partial charge in [0.2, 0.25) is 0 Å². The minimum Gasteiger partial charge on any atom is -0.343 e. The maximum atomic E-state index is 12.8. The summed E-state index contributed by atoms with van der Waals surface area (Å²) in [5.74, 6) is -0.0180. The summed E-state index contributed by atoms with van der Waals surface area (Å²) in [5, 5.41) is 3.20. The van der Waals surface area contributed by atoms with Crippen molar-refractivity contribution < 1.29 is 4.79 Å². The number of amides is 1. The molecule has 1 amide bonds. The highest BCUT2D eigenvalue weighted by Gasteiger charge is 2.37. The summed E-state index contributed by atoms with van der Waals surface area (Å²) in [7, 11) is 0. The van der Waals surface area contributed by atoms with Crippen LogP contribution in [0.1, 0.15) is 38.9 Å². The summed E-state index contributed by atoms with van der Waals surface area (Å²) in [6.07, 6.45) is 9.04. The van der Waals surface area contributed by atoms with Crippen molar-refractivity contribution in [1.29, 1.82) is 0 Å². The summed E-state index contributed by atoms with van der Waals surface area (Å²) in [4.78, 5) is 17.3. The number of nitrogens with one attached hydrogen (secondary N) is 1. The van der Waals surface area contributed by atoms with E-state index in [-0.39, 0.29) is 17.4 Å². The van der Waals surface area contributed by atoms with Crippen molar-refractivity contribution in [2.24, 2.45) is 5.41 Å². The van der Waals surface area contributed by atoms with E-state index in [4.69, 9.17) is 0 Å². The van der Waals surface area contributed by atoms with Gasteiger partial charge in [0.05, 0.1) is 11.7 Å². The molecule has 3 aliphatic carbocycles. The Hall–Kier alpha value is -2.42. The van der Waals surface area contributed by atoms with E-state index in [1.54, 1.807) is 6.20 Å². The molecule has 1 saturated carbocycles. The van der Waals surface area contributed by atoms with Crippen molar-refractivity contribution in [3.05, 3.63) is 76.2 Å². The third-order valence-electron chi connectivity index (χ3n) is 4.64. The van der Waals surface area contributed by atoms with E-state index < -0.39 is 0 Å². The van der Waals surface area contributed by atoms with Gasteiger partial charge in [-0.25, -0.2) is 0 Å². The third kappa shape index (κ3) is 2.37. The topological polar surface area (TPSA) is 42.0 Å². The first-order valence-corrected chi connectivity index (χ1v) is 8.04. The van der Waals surface area contributed by atoms with Gasteiger partial charge in [0.25, 0.3) is 5.91 Å². The Kier molecular flexibility index (Phi) is 2.95. The summed E-state index contributed by atoms with van der Waals surface area (Å²) >= 11 is 0. The molecule has 3 heteroatoms. The zero-order valence-electron chi connectivity index (χ0n) is 13.7. The van der Waals surface area contributed by atoms with Gasteiger partial charge < -0.3 is 5.32 Å². The average molecular weight is 304 g/mol. The van der Waals surface area contributed by atoms with Gasteiger partial charge in [0.15, 0.2) is 0 Å². The molecule has 1 heterocycles. The van der Waals surface area contributed by atoms with Gasteiger partial charge in [-0.15, -0.1) is 0 Å². The van der Waals surface area contributed by atoms with E-state index in [0.717, 1.165) is 23.3 Å². The van der Waals surface area contributed by atoms with Crippen molar-refractivity contribution >= 4 is 5.91 Å². The molecule has 1 atom stereocenters. The number of fused-ring (bicyclic) bond motifs is 2. The first kappa shape index (κ1) is 14.2. The number of nitrogens with zero attached hydrogens (tertiary/aromatic N) is 1. The third-order valence-corrected chi connectivity index (χ3v) is 4.64. The van der Waals surface area contributed by atoms with Crippen molar-refractivity contribution in [3.8, 4) is 0 Å². The molecule has 4 rings (SSSR count). The fourth-order valence-electron chi connectivity index (χ4n) is 3.32. The van der Waals surface area contributed by atoms with E-state index in [1.165, 1.54) is 16.7 Å². The van der Waals surface area contributed by atoms with Gasteiger partial charge in [-0.05, 0) is 58.4 Å². The van der Waals surface area contributed by atoms with Crippen LogP contribution in [0.25, 0.3) is 0 Å². The molecule has 23 heavy (non-hydrogen) atoms. The minimum atomic E-state index is -0.127. The van der Waals surface area contributed by atoms with E-state index in [9.17, 15) is 4.79 Å². The maximum Gasteiger partial charge on any atom is 0.252 e. The molecule has 0 bridgehead atoms. The monoisotopic (exact) mass is 304 g/mol. The second-order valence-corrected chi connectivity index (χ2v) is 7.43. The van der Waals surface area contributed by atoms with Crippen molar-refractivity contribution in [1.82, 2.24) is 10.3 Å². The largest absolute Gasteiger partial charge is 0.343 e. The Morgan fingerprint density at radius 1 is 1.22 bits per heavy atom. The number of aromatic nitrogens is 1. The number of allylic oxidation sites excluding steroid dienone is 6. The Bertz CT molecular complexity index is 817. The Morgan fingerprint density at radius 2 is 2.04 bits per heavy atom. The normalized spacial score (nSPS) is 19.5. The second-order valence-electron chi connectivity index (χ2n) is 7.43. The molecule has 0 aliphatic heterocycles. The van der Waals surface area contributed by atoms with E-state index in [0.29, 0.717) is 0 Å². The highest BCUT2D eigenvalue weighted by molar-refractivity contribution is 6.02. The van der Waals surface area contributed by atoms with E-state index in [1.807, 2.05) is 24.3 Å². The van der Waals surface area contributed by atoms with Crippen LogP contribution in [0.4, 0.5) is 0 Å². The molecule has 116 valence electrons. The van der Waals surface area contributed by atoms with Gasteiger partial charge in [-0.2, -0.15) is 0 Å². The van der Waals surface area contributed by atoms with Crippen LogP contribution in [0.5, 0.6) is 0 Å². The smallest absolute Gasteiger partial charge is 0.252 e. The fraction of sp³-hybridized carbons (Fsp3) is 0.300. The molecule has 1 unspecified atom stereocenters. The predicted molar refractivity (Wildman–Crippen MR) is 90.5 cm³/mol. The molecule has 1 fully saturated rings. The molecule has 0 saturated heterocycles. The first-order chi connectivity index (χ1) is 10.9. The fourth-order valence-corrected chi connectivity index (χ4v) is 3.32. The molecule has 0 aromatic carbocycles. The Morgan fingerprint density at radius 3 is 2.74 bits per heavy atom. The van der Waals surface area contributed by atoms with Crippen LogP contribution >= 0.6 is 0 Å². The van der Waals surface area contributed by atoms with Crippen molar-refractivity contribution in [2.45, 2.75) is 33.2 Å². The number of carbonyl (C=O) groups is 1. The van der Waals surface area contributed by atoms with Gasteiger partial charge in [0, 0.05) is 11.8 Å². The molecule has 1 aromatic heterocycles. The minimum absolute atomic E-state index is 0.0180. The van der Waals surface area contributed by atoms with Gasteiger partial charge in [-0.1, -0.05) is 32.9 Å². The van der Waals surface area contributed by atoms with Crippen LogP contribution in [0.3, 0.4) is 0 Å². The second kappa shape index (κ2) is 4.79. The number of pyridine rings is 1. The molecular weight excluding hydrogens is 284 g/mol. The standard InChI is InChI=1S/C20H20N2O/c1-20(2,3)18(17-6-4-5-9-21-17)22-19(23)14-8-7-13-15-10-12(15)11-16(13)14/h4-9,11,18H,10H2,1-3H3,(H,22,23). The molecule has 1 N–H and O–H groups in total. The lowest BCUT2D eigenvalue weighted by Crippen LogP contribution is -2.37. The van der Waals surface area contributed by atoms with Crippen LogP contribution in [0, 0.1) is 5.41 Å². The van der Waals surface area contributed by atoms with Crippen LogP contribution in [-0.4, -0.2) is 10.9 Å². The summed E-state index contributed by atoms with van der Waals surface area (Å²) in [5.41, 5.74) is 6.69. The SMILES string of the molecule is CC(C)(C)C(NC(=O)C1=C2C=C3CC3=C2C=C1)c1ccccn1. The summed E-state index contributed by atoms with van der Waals surface area (Å²) < 4.78 is 0. The summed E-state index contributed by atoms with van der Waals surface area (Å²) in [6.45, 7) is 6.36. The molecule has 3 nitrogen and oxygen atoms in total. The van der Waals surface area contributed by atoms with Gasteiger partial charge in [-0.3, -0.25) is 9.78 Å². The van der Waals surface area contributed by atoms with Crippen molar-refractivity contribution in [3.63, 3.8) is 0 Å². The number of hydrogen-bond donors (Lipinski definition) is 1. The van der Waals surface area contributed by atoms with Crippen LogP contribution < -0.4 is 5.32 Å². The molecular formula is C20H20N2O. The predicted octanol–water partition coefficient (Wildman–Crippen LogP) is 3.79. The van der Waals surface area contributed by atoms with E-state index >= 15 is 0 Å². The zero-order chi connectivity index (χ0) is 16.2. The van der Waals surface area contributed by atoms with Crippen molar-refractivity contribution in [2.75, 3.05) is 0 Å². The van der Waals surface area contributed by atoms with Gasteiger partial charge in [0.1, 0.15) is 0 Å². The highest BCUT2D eigenvalue weighted by Crippen LogP contribution is 2.51. The molecule has 1 aromatic rings. The van der Waals surface area contributed by atoms with Crippen LogP contribution in [-0.2, 0) is 4.79 Å². The average Bonchev–Trinajstić information content (AvgIpc) is 2.99. The molecule has 0 spiro atoms. The number of carbonyl (C=O) groups excluding carboxylic acids is 1. The number of rotatable bonds is 3. The van der Waals surface area contributed by atoms with Gasteiger partial charge >= 0.3 is 0 Å². The van der Waals surface area contributed by atoms with E-state index in [2.05, 4.69) is 43.2 Å².